The van der Waals surface area contributed by atoms with Gasteiger partial charge in [-0.1, -0.05) is 0 Å². The number of hydrogen-bond donors (Lipinski definition) is 2. The number of rotatable bonds is 3. The number of aryl methyl sites for hydroxylation is 1. The predicted octanol–water partition coefficient (Wildman–Crippen LogP) is 2.25. The molecule has 1 amide bonds. The lowest BCUT2D eigenvalue weighted by Crippen LogP contribution is -2.18. The minimum Gasteiger partial charge on any atom is -0.376 e. The fourth-order valence-electron chi connectivity index (χ4n) is 2.39. The highest BCUT2D eigenvalue weighted by molar-refractivity contribution is 5.92. The van der Waals surface area contributed by atoms with E-state index in [1.807, 2.05) is 0 Å². The summed E-state index contributed by atoms with van der Waals surface area (Å²) in [5.74, 6) is -1.20. The summed E-state index contributed by atoms with van der Waals surface area (Å²) in [6, 6.07) is 2.13. The zero-order valence-electron chi connectivity index (χ0n) is 12.0. The first-order valence-corrected chi connectivity index (χ1v) is 6.93. The van der Waals surface area contributed by atoms with Crippen molar-refractivity contribution in [2.75, 3.05) is 11.9 Å². The maximum atomic E-state index is 13.8. The fraction of sp³-hybridized carbons (Fsp3) is 0.333. The SMILES string of the molecule is Cc1cc(F)c(CC(=O)Nc2n[nH]c3c2COCC3)cc1F. The number of fused-ring (bicyclic) bond motifs is 1. The number of amides is 1. The Morgan fingerprint density at radius 2 is 2.23 bits per heavy atom. The maximum Gasteiger partial charge on any atom is 0.230 e. The summed E-state index contributed by atoms with van der Waals surface area (Å²) in [7, 11) is 0. The third kappa shape index (κ3) is 2.85. The number of benzene rings is 1. The highest BCUT2D eigenvalue weighted by Gasteiger charge is 2.19. The topological polar surface area (TPSA) is 67.0 Å². The number of aromatic nitrogens is 2. The monoisotopic (exact) mass is 307 g/mol. The Morgan fingerprint density at radius 1 is 1.41 bits per heavy atom. The molecule has 0 saturated heterocycles. The molecule has 116 valence electrons. The molecule has 5 nitrogen and oxygen atoms in total. The van der Waals surface area contributed by atoms with Crippen molar-refractivity contribution in [2.24, 2.45) is 0 Å². The second kappa shape index (κ2) is 5.84. The normalized spacial score (nSPS) is 13.8. The Morgan fingerprint density at radius 3 is 3.05 bits per heavy atom. The summed E-state index contributed by atoms with van der Waals surface area (Å²) in [4.78, 5) is 12.0. The molecule has 3 rings (SSSR count). The average Bonchev–Trinajstić information content (AvgIpc) is 2.88. The second-order valence-corrected chi connectivity index (χ2v) is 5.25. The van der Waals surface area contributed by atoms with Gasteiger partial charge in [0, 0.05) is 23.2 Å². The van der Waals surface area contributed by atoms with Gasteiger partial charge in [0.2, 0.25) is 5.91 Å². The third-order valence-corrected chi connectivity index (χ3v) is 3.63. The number of carbonyl (C=O) groups is 1. The van der Waals surface area contributed by atoms with Gasteiger partial charge in [0.05, 0.1) is 19.6 Å². The number of hydrogen-bond acceptors (Lipinski definition) is 3. The van der Waals surface area contributed by atoms with E-state index >= 15 is 0 Å². The van der Waals surface area contributed by atoms with Crippen molar-refractivity contribution in [3.63, 3.8) is 0 Å². The largest absolute Gasteiger partial charge is 0.376 e. The van der Waals surface area contributed by atoms with Gasteiger partial charge in [0.25, 0.3) is 0 Å². The first-order valence-electron chi connectivity index (χ1n) is 6.93. The first kappa shape index (κ1) is 14.6. The van der Waals surface area contributed by atoms with Crippen molar-refractivity contribution >= 4 is 11.7 Å². The molecule has 1 aliphatic rings. The van der Waals surface area contributed by atoms with Crippen molar-refractivity contribution in [1.29, 1.82) is 0 Å². The number of aromatic amines is 1. The second-order valence-electron chi connectivity index (χ2n) is 5.25. The predicted molar refractivity (Wildman–Crippen MR) is 75.4 cm³/mol. The molecule has 2 heterocycles. The number of nitrogens with zero attached hydrogens (tertiary/aromatic N) is 1. The smallest absolute Gasteiger partial charge is 0.230 e. The first-order chi connectivity index (χ1) is 10.5. The molecule has 22 heavy (non-hydrogen) atoms. The molecule has 2 aromatic rings. The van der Waals surface area contributed by atoms with Crippen LogP contribution >= 0.6 is 0 Å². The molecule has 7 heteroatoms. The molecule has 0 bridgehead atoms. The van der Waals surface area contributed by atoms with E-state index in [4.69, 9.17) is 4.74 Å². The van der Waals surface area contributed by atoms with Gasteiger partial charge >= 0.3 is 0 Å². The van der Waals surface area contributed by atoms with Gasteiger partial charge in [0.1, 0.15) is 11.6 Å². The van der Waals surface area contributed by atoms with Gasteiger partial charge in [-0.05, 0) is 24.6 Å². The van der Waals surface area contributed by atoms with E-state index in [1.54, 1.807) is 0 Å². The minimum atomic E-state index is -0.596. The van der Waals surface area contributed by atoms with Gasteiger partial charge in [-0.15, -0.1) is 0 Å². The van der Waals surface area contributed by atoms with Crippen LogP contribution in [0.5, 0.6) is 0 Å². The molecular formula is C15H15F2N3O2. The van der Waals surface area contributed by atoms with E-state index < -0.39 is 17.5 Å². The van der Waals surface area contributed by atoms with E-state index in [-0.39, 0.29) is 17.5 Å². The van der Waals surface area contributed by atoms with Crippen LogP contribution in [0.3, 0.4) is 0 Å². The average molecular weight is 307 g/mol. The van der Waals surface area contributed by atoms with Gasteiger partial charge in [-0.3, -0.25) is 9.89 Å². The minimum absolute atomic E-state index is 0.0150. The van der Waals surface area contributed by atoms with Gasteiger partial charge in [-0.25, -0.2) is 8.78 Å². The van der Waals surface area contributed by atoms with Crippen LogP contribution in [0.4, 0.5) is 14.6 Å². The summed E-state index contributed by atoms with van der Waals surface area (Å²) in [6.45, 7) is 2.45. The van der Waals surface area contributed by atoms with Crippen molar-refractivity contribution < 1.29 is 18.3 Å². The molecule has 1 aromatic heterocycles. The maximum absolute atomic E-state index is 13.8. The lowest BCUT2D eigenvalue weighted by Gasteiger charge is -2.12. The Hall–Kier alpha value is -2.28. The van der Waals surface area contributed by atoms with Crippen molar-refractivity contribution in [1.82, 2.24) is 10.2 Å². The van der Waals surface area contributed by atoms with E-state index in [1.165, 1.54) is 6.92 Å². The van der Waals surface area contributed by atoms with Crippen LogP contribution in [0.15, 0.2) is 12.1 Å². The van der Waals surface area contributed by atoms with E-state index in [0.717, 1.165) is 23.4 Å². The molecule has 1 aliphatic heterocycles. The van der Waals surface area contributed by atoms with Gasteiger partial charge < -0.3 is 10.1 Å². The summed E-state index contributed by atoms with van der Waals surface area (Å²) in [6.07, 6.45) is 0.446. The molecule has 0 unspecified atom stereocenters. The summed E-state index contributed by atoms with van der Waals surface area (Å²) in [5, 5.41) is 9.48. The molecule has 0 spiro atoms. The standard InChI is InChI=1S/C15H15F2N3O2/c1-8-4-12(17)9(5-11(8)16)6-14(21)18-15-10-7-22-3-2-13(10)19-20-15/h4-5H,2-3,6-7H2,1H3,(H2,18,19,20,21). The number of carbonyl (C=O) groups excluding carboxylic acids is 1. The molecule has 0 fully saturated rings. The van der Waals surface area contributed by atoms with Crippen LogP contribution in [-0.4, -0.2) is 22.7 Å². The molecule has 0 saturated carbocycles. The Kier molecular flexibility index (Phi) is 3.89. The number of nitrogens with one attached hydrogen (secondary N) is 2. The van der Waals surface area contributed by atoms with E-state index in [0.29, 0.717) is 25.5 Å². The fourth-order valence-corrected chi connectivity index (χ4v) is 2.39. The third-order valence-electron chi connectivity index (χ3n) is 3.63. The van der Waals surface area contributed by atoms with Gasteiger partial charge in [0.15, 0.2) is 5.82 Å². The van der Waals surface area contributed by atoms with Crippen LogP contribution in [-0.2, 0) is 29.0 Å². The van der Waals surface area contributed by atoms with Crippen molar-refractivity contribution in [3.8, 4) is 0 Å². The zero-order valence-corrected chi connectivity index (χ0v) is 12.0. The summed E-state index contributed by atoms with van der Waals surface area (Å²) in [5.41, 5.74) is 1.95. The number of H-pyrrole nitrogens is 1. The lowest BCUT2D eigenvalue weighted by molar-refractivity contribution is -0.115. The van der Waals surface area contributed by atoms with Crippen LogP contribution in [0.2, 0.25) is 0 Å². The molecular weight excluding hydrogens is 292 g/mol. The van der Waals surface area contributed by atoms with Crippen LogP contribution < -0.4 is 5.32 Å². The van der Waals surface area contributed by atoms with E-state index in [9.17, 15) is 13.6 Å². The Balaban J connectivity index is 1.73. The molecule has 0 radical (unpaired) electrons. The molecule has 2 N–H and O–H groups in total. The van der Waals surface area contributed by atoms with Crippen LogP contribution in [0.25, 0.3) is 0 Å². The van der Waals surface area contributed by atoms with E-state index in [2.05, 4.69) is 15.5 Å². The van der Waals surface area contributed by atoms with Crippen molar-refractivity contribution in [3.05, 3.63) is 46.2 Å². The molecule has 0 aliphatic carbocycles. The quantitative estimate of drug-likeness (QED) is 0.914. The number of halogens is 2. The Labute approximate surface area is 125 Å². The molecule has 0 atom stereocenters. The van der Waals surface area contributed by atoms with Crippen LogP contribution in [0, 0.1) is 18.6 Å². The Bertz CT molecular complexity index is 728. The summed E-state index contributed by atoms with van der Waals surface area (Å²) >= 11 is 0. The van der Waals surface area contributed by atoms with Crippen molar-refractivity contribution in [2.45, 2.75) is 26.4 Å². The molecule has 1 aromatic carbocycles. The highest BCUT2D eigenvalue weighted by Crippen LogP contribution is 2.22. The number of anilines is 1. The zero-order chi connectivity index (χ0) is 15.7. The van der Waals surface area contributed by atoms with Crippen LogP contribution in [0.1, 0.15) is 22.4 Å². The highest BCUT2D eigenvalue weighted by atomic mass is 19.1. The summed E-state index contributed by atoms with van der Waals surface area (Å²) < 4.78 is 32.6. The number of ether oxygens (including phenoxy) is 1. The van der Waals surface area contributed by atoms with Gasteiger partial charge in [-0.2, -0.15) is 5.10 Å². The lowest BCUT2D eigenvalue weighted by atomic mass is 10.1.